The average molecular weight is 490 g/mol. The molecule has 0 aliphatic rings. The van der Waals surface area contributed by atoms with Crippen molar-refractivity contribution < 1.29 is 19.3 Å². The maximum absolute atomic E-state index is 13.0. The molecule has 0 spiro atoms. The quantitative estimate of drug-likeness (QED) is 0.334. The summed E-state index contributed by atoms with van der Waals surface area (Å²) in [5.41, 5.74) is 1.64. The number of aliphatic hydroxyl groups excluding tert-OH is 1. The third kappa shape index (κ3) is 7.35. The Kier molecular flexibility index (Phi) is 10.0. The lowest BCUT2D eigenvalue weighted by Gasteiger charge is -2.24. The molecule has 0 aliphatic carbocycles. The summed E-state index contributed by atoms with van der Waals surface area (Å²) >= 11 is 1.45. The predicted molar refractivity (Wildman–Crippen MR) is 136 cm³/mol. The minimum Gasteiger partial charge on any atom is -0.497 e. The smallest absolute Gasteiger partial charge is 0.260 e. The second kappa shape index (κ2) is 13.0. The minimum atomic E-state index is -0.625. The molecule has 2 N–H and O–H groups in total. The number of rotatable bonds is 14. The molecule has 0 amide bonds. The molecule has 186 valence electrons. The molecule has 34 heavy (non-hydrogen) atoms. The van der Waals surface area contributed by atoms with E-state index in [-0.39, 0.29) is 12.2 Å². The van der Waals surface area contributed by atoms with Crippen LogP contribution in [-0.2, 0) is 16.0 Å². The van der Waals surface area contributed by atoms with E-state index in [1.165, 1.54) is 11.3 Å². The van der Waals surface area contributed by atoms with Gasteiger partial charge < -0.3 is 24.3 Å². The van der Waals surface area contributed by atoms with E-state index in [0.29, 0.717) is 54.8 Å². The number of hydrogen-bond donors (Lipinski definition) is 2. The van der Waals surface area contributed by atoms with Crippen molar-refractivity contribution in [1.29, 1.82) is 0 Å². The number of aromatic nitrogens is 2. The van der Waals surface area contributed by atoms with E-state index < -0.39 is 6.10 Å². The molecule has 2 aromatic heterocycles. The number of methoxy groups -OCH3 is 2. The zero-order chi connectivity index (χ0) is 24.5. The number of ether oxygens (including phenoxy) is 3. The van der Waals surface area contributed by atoms with Crippen molar-refractivity contribution in [2.75, 3.05) is 47.1 Å². The minimum absolute atomic E-state index is 0.162. The summed E-state index contributed by atoms with van der Waals surface area (Å²) in [6, 6.07) is 7.63. The Balaban J connectivity index is 1.76. The highest BCUT2D eigenvalue weighted by Gasteiger charge is 2.17. The first-order valence-corrected chi connectivity index (χ1v) is 12.4. The summed E-state index contributed by atoms with van der Waals surface area (Å²) in [5, 5.41) is 13.0. The van der Waals surface area contributed by atoms with Gasteiger partial charge in [0.2, 0.25) is 0 Å². The van der Waals surface area contributed by atoms with Gasteiger partial charge in [-0.25, -0.2) is 4.98 Å². The molecule has 0 saturated heterocycles. The molecular formula is C25H35N3O5S. The molecular weight excluding hydrogens is 454 g/mol. The van der Waals surface area contributed by atoms with Gasteiger partial charge in [-0.15, -0.1) is 11.3 Å². The van der Waals surface area contributed by atoms with E-state index in [9.17, 15) is 9.90 Å². The lowest BCUT2D eigenvalue weighted by Crippen LogP contribution is -2.36. The van der Waals surface area contributed by atoms with E-state index in [2.05, 4.69) is 23.7 Å². The van der Waals surface area contributed by atoms with Crippen molar-refractivity contribution in [2.24, 2.45) is 5.92 Å². The van der Waals surface area contributed by atoms with Crippen LogP contribution in [0.2, 0.25) is 0 Å². The van der Waals surface area contributed by atoms with Gasteiger partial charge >= 0.3 is 0 Å². The van der Waals surface area contributed by atoms with Gasteiger partial charge in [-0.3, -0.25) is 9.69 Å². The highest BCUT2D eigenvalue weighted by atomic mass is 32.1. The number of hydrogen-bond acceptors (Lipinski definition) is 8. The van der Waals surface area contributed by atoms with Gasteiger partial charge in [-0.2, -0.15) is 0 Å². The first-order valence-electron chi connectivity index (χ1n) is 11.5. The summed E-state index contributed by atoms with van der Waals surface area (Å²) < 4.78 is 16.0. The fraction of sp³-hybridized carbons (Fsp3) is 0.520. The second-order valence-electron chi connectivity index (χ2n) is 8.74. The van der Waals surface area contributed by atoms with Crippen LogP contribution in [0.1, 0.15) is 26.1 Å². The van der Waals surface area contributed by atoms with E-state index in [1.807, 2.05) is 29.6 Å². The Morgan fingerprint density at radius 1 is 1.18 bits per heavy atom. The van der Waals surface area contributed by atoms with Crippen molar-refractivity contribution in [1.82, 2.24) is 14.9 Å². The van der Waals surface area contributed by atoms with E-state index in [1.54, 1.807) is 14.2 Å². The Morgan fingerprint density at radius 2 is 1.94 bits per heavy atom. The molecule has 1 unspecified atom stereocenters. The SMILES string of the molecule is COCCCN(Cc1nc2scc(-c3ccc(OC)cc3)c2c(=O)[nH]1)CC(O)COCC(C)C. The summed E-state index contributed by atoms with van der Waals surface area (Å²) in [6.07, 6.45) is 0.184. The Hall–Kier alpha value is -2.30. The fourth-order valence-corrected chi connectivity index (χ4v) is 4.69. The Bertz CT molecular complexity index is 1080. The van der Waals surface area contributed by atoms with E-state index in [0.717, 1.165) is 23.3 Å². The maximum atomic E-state index is 13.0. The molecule has 1 atom stereocenters. The maximum Gasteiger partial charge on any atom is 0.260 e. The molecule has 0 bridgehead atoms. The van der Waals surface area contributed by atoms with E-state index in [4.69, 9.17) is 19.2 Å². The van der Waals surface area contributed by atoms with Crippen LogP contribution in [0.25, 0.3) is 21.3 Å². The summed E-state index contributed by atoms with van der Waals surface area (Å²) in [6.45, 7) is 7.21. The number of fused-ring (bicyclic) bond motifs is 1. The monoisotopic (exact) mass is 489 g/mol. The lowest BCUT2D eigenvalue weighted by molar-refractivity contribution is 0.00544. The van der Waals surface area contributed by atoms with Gasteiger partial charge in [0.1, 0.15) is 16.4 Å². The third-order valence-electron chi connectivity index (χ3n) is 5.32. The summed E-state index contributed by atoms with van der Waals surface area (Å²) in [4.78, 5) is 23.5. The van der Waals surface area contributed by atoms with Crippen molar-refractivity contribution in [3.8, 4) is 16.9 Å². The van der Waals surface area contributed by atoms with Gasteiger partial charge in [0.25, 0.3) is 5.56 Å². The van der Waals surface area contributed by atoms with Crippen molar-refractivity contribution >= 4 is 21.6 Å². The molecule has 9 heteroatoms. The molecule has 0 fully saturated rings. The standard InChI is InChI=1S/C25H35N3O5S/c1-17(2)14-33-15-19(29)12-28(10-5-11-31-3)13-22-26-24(30)23-21(16-34-25(23)27-22)18-6-8-20(32-4)9-7-18/h6-9,16-17,19,29H,5,10-15H2,1-4H3,(H,26,27,30). The van der Waals surface area contributed by atoms with Crippen LogP contribution in [-0.4, -0.2) is 73.2 Å². The highest BCUT2D eigenvalue weighted by molar-refractivity contribution is 7.17. The normalized spacial score (nSPS) is 12.7. The van der Waals surface area contributed by atoms with E-state index >= 15 is 0 Å². The van der Waals surface area contributed by atoms with Crippen molar-refractivity contribution in [3.05, 3.63) is 45.8 Å². The molecule has 8 nitrogen and oxygen atoms in total. The van der Waals surface area contributed by atoms with Crippen LogP contribution in [0, 0.1) is 5.92 Å². The topological polar surface area (TPSA) is 96.9 Å². The number of benzene rings is 1. The zero-order valence-corrected chi connectivity index (χ0v) is 21.2. The van der Waals surface area contributed by atoms with Crippen LogP contribution in [0.3, 0.4) is 0 Å². The molecule has 0 radical (unpaired) electrons. The van der Waals surface area contributed by atoms with Crippen LogP contribution in [0.15, 0.2) is 34.4 Å². The molecule has 1 aromatic carbocycles. The Labute approximate surface area is 204 Å². The molecule has 0 aliphatic heterocycles. The number of nitrogens with one attached hydrogen (secondary N) is 1. The fourth-order valence-electron chi connectivity index (χ4n) is 3.72. The number of nitrogens with zero attached hydrogens (tertiary/aromatic N) is 2. The largest absolute Gasteiger partial charge is 0.497 e. The van der Waals surface area contributed by atoms with Crippen LogP contribution >= 0.6 is 11.3 Å². The number of H-pyrrole nitrogens is 1. The van der Waals surface area contributed by atoms with Crippen LogP contribution in [0.5, 0.6) is 5.75 Å². The first-order chi connectivity index (χ1) is 16.4. The predicted octanol–water partition coefficient (Wildman–Crippen LogP) is 3.53. The van der Waals surface area contributed by atoms with Gasteiger partial charge in [-0.1, -0.05) is 26.0 Å². The van der Waals surface area contributed by atoms with Gasteiger partial charge in [0.15, 0.2) is 0 Å². The second-order valence-corrected chi connectivity index (χ2v) is 9.60. The molecule has 0 saturated carbocycles. The van der Waals surface area contributed by atoms with Crippen molar-refractivity contribution in [3.63, 3.8) is 0 Å². The van der Waals surface area contributed by atoms with Gasteiger partial charge in [0, 0.05) is 44.4 Å². The van der Waals surface area contributed by atoms with Crippen LogP contribution in [0.4, 0.5) is 0 Å². The zero-order valence-electron chi connectivity index (χ0n) is 20.4. The lowest BCUT2D eigenvalue weighted by atomic mass is 10.1. The number of thiophene rings is 1. The summed E-state index contributed by atoms with van der Waals surface area (Å²) in [5.74, 6) is 1.76. The summed E-state index contributed by atoms with van der Waals surface area (Å²) in [7, 11) is 3.30. The average Bonchev–Trinajstić information content (AvgIpc) is 3.23. The van der Waals surface area contributed by atoms with Gasteiger partial charge in [0.05, 0.1) is 31.8 Å². The third-order valence-corrected chi connectivity index (χ3v) is 6.19. The highest BCUT2D eigenvalue weighted by Crippen LogP contribution is 2.31. The Morgan fingerprint density at radius 3 is 2.62 bits per heavy atom. The number of aliphatic hydroxyl groups is 1. The van der Waals surface area contributed by atoms with Gasteiger partial charge in [-0.05, 0) is 30.0 Å². The molecule has 3 rings (SSSR count). The first kappa shape index (κ1) is 26.3. The van der Waals surface area contributed by atoms with Crippen LogP contribution < -0.4 is 10.3 Å². The number of aromatic amines is 1. The molecule has 2 heterocycles. The molecule has 3 aromatic rings. The van der Waals surface area contributed by atoms with Crippen molar-refractivity contribution in [2.45, 2.75) is 32.9 Å².